The van der Waals surface area contributed by atoms with Gasteiger partial charge in [-0.1, -0.05) is 31.0 Å². The fourth-order valence-corrected chi connectivity index (χ4v) is 4.35. The van der Waals surface area contributed by atoms with Gasteiger partial charge in [-0.2, -0.15) is 0 Å². The maximum Gasteiger partial charge on any atom is 0.191 e. The van der Waals surface area contributed by atoms with Crippen molar-refractivity contribution in [2.24, 2.45) is 5.92 Å². The zero-order chi connectivity index (χ0) is 14.2. The van der Waals surface area contributed by atoms with Gasteiger partial charge in [0.1, 0.15) is 11.6 Å². The molecule has 0 aliphatic heterocycles. The Bertz CT molecular complexity index is 528. The van der Waals surface area contributed by atoms with Crippen LogP contribution in [0.3, 0.4) is 0 Å². The Morgan fingerprint density at radius 1 is 1.05 bits per heavy atom. The Balaban J connectivity index is 1.41. The molecule has 21 heavy (non-hydrogen) atoms. The molecule has 4 rings (SSSR count). The minimum atomic E-state index is 0.312. The summed E-state index contributed by atoms with van der Waals surface area (Å²) < 4.78 is 2.34. The van der Waals surface area contributed by atoms with Gasteiger partial charge in [-0.05, 0) is 38.5 Å². The number of thioether (sulfide) groups is 1. The zero-order valence-electron chi connectivity index (χ0n) is 12.5. The van der Waals surface area contributed by atoms with Gasteiger partial charge in [0, 0.05) is 17.9 Å². The number of carbonyl (C=O) groups excluding carboxylic acids is 1. The molecule has 0 radical (unpaired) electrons. The molecule has 1 aromatic rings. The fourth-order valence-electron chi connectivity index (χ4n) is 3.36. The molecule has 0 saturated heterocycles. The maximum atomic E-state index is 12.3. The Labute approximate surface area is 130 Å². The fraction of sp³-hybridized carbons (Fsp3) is 0.812. The summed E-state index contributed by atoms with van der Waals surface area (Å²) in [6.45, 7) is 0. The monoisotopic (exact) mass is 305 g/mol. The number of carbonyl (C=O) groups is 1. The summed E-state index contributed by atoms with van der Waals surface area (Å²) in [7, 11) is 0. The minimum absolute atomic E-state index is 0.312. The molecular weight excluding hydrogens is 282 g/mol. The molecule has 0 spiro atoms. The highest BCUT2D eigenvalue weighted by Crippen LogP contribution is 2.46. The molecule has 3 aliphatic carbocycles. The minimum Gasteiger partial charge on any atom is -0.303 e. The van der Waals surface area contributed by atoms with Crippen LogP contribution >= 0.6 is 11.8 Å². The van der Waals surface area contributed by atoms with Crippen LogP contribution in [-0.4, -0.2) is 26.3 Å². The first-order valence-corrected chi connectivity index (χ1v) is 9.42. The van der Waals surface area contributed by atoms with Gasteiger partial charge in [0.2, 0.25) is 0 Å². The van der Waals surface area contributed by atoms with Gasteiger partial charge in [-0.25, -0.2) is 0 Å². The smallest absolute Gasteiger partial charge is 0.191 e. The maximum absolute atomic E-state index is 12.3. The lowest BCUT2D eigenvalue weighted by atomic mass is 9.87. The molecule has 0 aromatic carbocycles. The van der Waals surface area contributed by atoms with Crippen LogP contribution in [0, 0.1) is 5.92 Å². The summed E-state index contributed by atoms with van der Waals surface area (Å²) in [6.07, 6.45) is 11.0. The van der Waals surface area contributed by atoms with E-state index >= 15 is 0 Å². The molecule has 5 heteroatoms. The van der Waals surface area contributed by atoms with Crippen molar-refractivity contribution in [2.45, 2.75) is 74.9 Å². The molecule has 1 heterocycles. The van der Waals surface area contributed by atoms with E-state index in [1.54, 1.807) is 11.8 Å². The second kappa shape index (κ2) is 5.75. The lowest BCUT2D eigenvalue weighted by molar-refractivity contribution is -0.121. The molecule has 0 bridgehead atoms. The molecule has 0 amide bonds. The molecule has 0 N–H and O–H groups in total. The second-order valence-corrected chi connectivity index (χ2v) is 7.75. The van der Waals surface area contributed by atoms with Gasteiger partial charge in [0.15, 0.2) is 5.16 Å². The van der Waals surface area contributed by atoms with E-state index in [-0.39, 0.29) is 0 Å². The van der Waals surface area contributed by atoms with Gasteiger partial charge in [-0.15, -0.1) is 10.2 Å². The van der Waals surface area contributed by atoms with E-state index in [0.29, 0.717) is 29.4 Å². The van der Waals surface area contributed by atoms with E-state index in [9.17, 15) is 4.79 Å². The van der Waals surface area contributed by atoms with Gasteiger partial charge >= 0.3 is 0 Å². The highest BCUT2D eigenvalue weighted by Gasteiger charge is 2.36. The molecule has 3 aliphatic rings. The van der Waals surface area contributed by atoms with Crippen molar-refractivity contribution in [3.05, 3.63) is 5.82 Å². The number of hydrogen-bond donors (Lipinski definition) is 0. The molecule has 3 saturated carbocycles. The van der Waals surface area contributed by atoms with Crippen LogP contribution in [0.25, 0.3) is 0 Å². The topological polar surface area (TPSA) is 47.8 Å². The van der Waals surface area contributed by atoms with Crippen molar-refractivity contribution in [1.29, 1.82) is 0 Å². The van der Waals surface area contributed by atoms with Crippen LogP contribution in [0.2, 0.25) is 0 Å². The van der Waals surface area contributed by atoms with E-state index < -0.39 is 0 Å². The third-order valence-corrected chi connectivity index (χ3v) is 5.91. The average molecular weight is 305 g/mol. The predicted octanol–water partition coefficient (Wildman–Crippen LogP) is 3.73. The van der Waals surface area contributed by atoms with Crippen molar-refractivity contribution in [1.82, 2.24) is 14.8 Å². The Hall–Kier alpha value is -0.840. The molecule has 114 valence electrons. The van der Waals surface area contributed by atoms with Crippen molar-refractivity contribution in [3.8, 4) is 0 Å². The van der Waals surface area contributed by atoms with Gasteiger partial charge in [0.25, 0.3) is 0 Å². The summed E-state index contributed by atoms with van der Waals surface area (Å²) in [5.74, 6) is 3.15. The summed E-state index contributed by atoms with van der Waals surface area (Å²) in [6, 6.07) is 0.614. The lowest BCUT2D eigenvalue weighted by Gasteiger charge is -2.19. The summed E-state index contributed by atoms with van der Waals surface area (Å²) >= 11 is 1.62. The highest BCUT2D eigenvalue weighted by atomic mass is 32.2. The summed E-state index contributed by atoms with van der Waals surface area (Å²) in [5, 5.41) is 9.78. The quantitative estimate of drug-likeness (QED) is 0.751. The van der Waals surface area contributed by atoms with Crippen LogP contribution in [0.5, 0.6) is 0 Å². The molecule has 0 unspecified atom stereocenters. The first-order valence-electron chi connectivity index (χ1n) is 8.43. The van der Waals surface area contributed by atoms with E-state index in [1.807, 2.05) is 0 Å². The standard InChI is InChI=1S/C16H23N3OS/c20-14(11-4-2-1-3-5-11)10-21-16-18-17-15(12-6-7-12)19(16)13-8-9-13/h11-13H,1-10H2. The van der Waals surface area contributed by atoms with Crippen LogP contribution in [0.4, 0.5) is 0 Å². The Morgan fingerprint density at radius 3 is 2.48 bits per heavy atom. The second-order valence-electron chi connectivity index (χ2n) is 6.81. The van der Waals surface area contributed by atoms with Crippen LogP contribution in [0.15, 0.2) is 5.16 Å². The largest absolute Gasteiger partial charge is 0.303 e. The van der Waals surface area contributed by atoms with E-state index in [0.717, 1.165) is 18.0 Å². The molecule has 0 atom stereocenters. The van der Waals surface area contributed by atoms with Crippen molar-refractivity contribution in [2.75, 3.05) is 5.75 Å². The van der Waals surface area contributed by atoms with Crippen LogP contribution < -0.4 is 0 Å². The molecule has 1 aromatic heterocycles. The van der Waals surface area contributed by atoms with Crippen molar-refractivity contribution in [3.63, 3.8) is 0 Å². The van der Waals surface area contributed by atoms with Crippen LogP contribution in [-0.2, 0) is 4.79 Å². The Kier molecular flexibility index (Phi) is 3.78. The number of aromatic nitrogens is 3. The van der Waals surface area contributed by atoms with Gasteiger partial charge in [-0.3, -0.25) is 4.79 Å². The number of rotatable bonds is 6. The molecular formula is C16H23N3OS. The normalized spacial score (nSPS) is 23.4. The average Bonchev–Trinajstić information content (AvgIpc) is 3.44. The van der Waals surface area contributed by atoms with E-state index in [1.165, 1.54) is 50.8 Å². The first-order chi connectivity index (χ1) is 10.3. The van der Waals surface area contributed by atoms with E-state index in [2.05, 4.69) is 14.8 Å². The van der Waals surface area contributed by atoms with Gasteiger partial charge in [0.05, 0.1) is 5.75 Å². The lowest BCUT2D eigenvalue weighted by Crippen LogP contribution is -2.19. The number of hydrogen-bond acceptors (Lipinski definition) is 4. The van der Waals surface area contributed by atoms with Gasteiger partial charge < -0.3 is 4.57 Å². The van der Waals surface area contributed by atoms with Crippen molar-refractivity contribution < 1.29 is 4.79 Å². The highest BCUT2D eigenvalue weighted by molar-refractivity contribution is 7.99. The SMILES string of the molecule is O=C(CSc1nnc(C2CC2)n1C1CC1)C1CCCCC1. The zero-order valence-corrected chi connectivity index (χ0v) is 13.3. The number of Topliss-reactive ketones (excluding diaryl/α,β-unsaturated/α-hetero) is 1. The Morgan fingerprint density at radius 2 is 1.81 bits per heavy atom. The predicted molar refractivity (Wildman–Crippen MR) is 82.6 cm³/mol. The summed E-state index contributed by atoms with van der Waals surface area (Å²) in [5.41, 5.74) is 0. The third kappa shape index (κ3) is 3.03. The molecule has 3 fully saturated rings. The van der Waals surface area contributed by atoms with Crippen molar-refractivity contribution >= 4 is 17.5 Å². The van der Waals surface area contributed by atoms with Crippen LogP contribution in [0.1, 0.15) is 75.6 Å². The molecule has 4 nitrogen and oxygen atoms in total. The summed E-state index contributed by atoms with van der Waals surface area (Å²) in [4.78, 5) is 12.3. The first kappa shape index (κ1) is 13.8. The van der Waals surface area contributed by atoms with E-state index in [4.69, 9.17) is 0 Å². The third-order valence-electron chi connectivity index (χ3n) is 4.95. The number of nitrogens with zero attached hydrogens (tertiary/aromatic N) is 3. The number of ketones is 1.